The van der Waals surface area contributed by atoms with Crippen molar-refractivity contribution in [3.8, 4) is 23.1 Å². The van der Waals surface area contributed by atoms with Gasteiger partial charge in [0.05, 0.1) is 32.7 Å². The summed E-state index contributed by atoms with van der Waals surface area (Å²) in [4.78, 5) is 31.3. The zero-order chi connectivity index (χ0) is 20.5. The largest absolute Gasteiger partial charge is 0.493 e. The van der Waals surface area contributed by atoms with Crippen LogP contribution in [0, 0.1) is 5.82 Å². The summed E-state index contributed by atoms with van der Waals surface area (Å²) < 4.78 is 23.8. The van der Waals surface area contributed by atoms with E-state index in [2.05, 4.69) is 19.9 Å². The maximum absolute atomic E-state index is 13.2. The van der Waals surface area contributed by atoms with Gasteiger partial charge in [-0.25, -0.2) is 24.3 Å². The molecule has 0 bridgehead atoms. The molecule has 1 aromatic carbocycles. The van der Waals surface area contributed by atoms with Gasteiger partial charge < -0.3 is 9.47 Å². The van der Waals surface area contributed by atoms with Crippen molar-refractivity contribution >= 4 is 11.7 Å². The number of anilines is 1. The summed E-state index contributed by atoms with van der Waals surface area (Å²) in [5.41, 5.74) is 1.38. The standard InChI is InChI=1S/C20H18FN5O3/c1-4-14-12-7-15(28-2)16(29-3)8-13(12)20(27)26(14)17-5-6-22-19(25-17)18-23-9-11(21)10-24-18/h5-10,14H,4H2,1-3H3/t14-/m0/s1. The summed E-state index contributed by atoms with van der Waals surface area (Å²) in [6.07, 6.45) is 4.28. The second kappa shape index (κ2) is 7.42. The Morgan fingerprint density at radius 3 is 2.41 bits per heavy atom. The molecule has 29 heavy (non-hydrogen) atoms. The van der Waals surface area contributed by atoms with Crippen LogP contribution in [0.5, 0.6) is 11.5 Å². The van der Waals surface area contributed by atoms with Crippen LogP contribution in [0.15, 0.2) is 36.8 Å². The van der Waals surface area contributed by atoms with Crippen molar-refractivity contribution in [2.45, 2.75) is 19.4 Å². The van der Waals surface area contributed by atoms with E-state index >= 15 is 0 Å². The molecule has 0 unspecified atom stereocenters. The van der Waals surface area contributed by atoms with E-state index < -0.39 is 5.82 Å². The Balaban J connectivity index is 1.78. The molecule has 0 saturated carbocycles. The van der Waals surface area contributed by atoms with Crippen LogP contribution in [-0.2, 0) is 0 Å². The average molecular weight is 395 g/mol. The summed E-state index contributed by atoms with van der Waals surface area (Å²) in [6.45, 7) is 1.99. The fourth-order valence-corrected chi connectivity index (χ4v) is 3.45. The SMILES string of the molecule is CC[C@H]1c2cc(OC)c(OC)cc2C(=O)N1c1ccnc(-c2ncc(F)cn2)n1. The number of aromatic nitrogens is 4. The quantitative estimate of drug-likeness (QED) is 0.655. The zero-order valence-corrected chi connectivity index (χ0v) is 16.1. The third-order valence-corrected chi connectivity index (χ3v) is 4.77. The van der Waals surface area contributed by atoms with Gasteiger partial charge >= 0.3 is 0 Å². The molecule has 1 aliphatic heterocycles. The van der Waals surface area contributed by atoms with Gasteiger partial charge in [0, 0.05) is 11.8 Å². The number of halogens is 1. The molecule has 0 radical (unpaired) electrons. The van der Waals surface area contributed by atoms with E-state index in [-0.39, 0.29) is 23.6 Å². The highest BCUT2D eigenvalue weighted by atomic mass is 19.1. The third-order valence-electron chi connectivity index (χ3n) is 4.77. The topological polar surface area (TPSA) is 90.3 Å². The third kappa shape index (κ3) is 3.14. The molecule has 2 aromatic heterocycles. The number of hydrogen-bond acceptors (Lipinski definition) is 7. The number of methoxy groups -OCH3 is 2. The molecule has 0 saturated heterocycles. The van der Waals surface area contributed by atoms with Crippen molar-refractivity contribution < 1.29 is 18.7 Å². The van der Waals surface area contributed by atoms with Gasteiger partial charge in [-0.05, 0) is 30.2 Å². The molecular formula is C20H18FN5O3. The van der Waals surface area contributed by atoms with Gasteiger partial charge in [0.1, 0.15) is 5.82 Å². The van der Waals surface area contributed by atoms with Crippen molar-refractivity contribution in [1.29, 1.82) is 0 Å². The zero-order valence-electron chi connectivity index (χ0n) is 16.1. The number of hydrogen-bond donors (Lipinski definition) is 0. The smallest absolute Gasteiger partial charge is 0.260 e. The number of benzene rings is 1. The van der Waals surface area contributed by atoms with Crippen LogP contribution in [0.1, 0.15) is 35.3 Å². The van der Waals surface area contributed by atoms with E-state index in [1.165, 1.54) is 13.3 Å². The summed E-state index contributed by atoms with van der Waals surface area (Å²) in [5, 5.41) is 0. The first-order valence-corrected chi connectivity index (χ1v) is 8.97. The van der Waals surface area contributed by atoms with Crippen molar-refractivity contribution in [2.24, 2.45) is 0 Å². The molecule has 0 aliphatic carbocycles. The number of rotatable bonds is 5. The van der Waals surface area contributed by atoms with E-state index in [1.807, 2.05) is 13.0 Å². The van der Waals surface area contributed by atoms with Gasteiger partial charge in [0.2, 0.25) is 0 Å². The average Bonchev–Trinajstić information content (AvgIpc) is 3.04. The highest BCUT2D eigenvalue weighted by molar-refractivity contribution is 6.11. The minimum Gasteiger partial charge on any atom is -0.493 e. The Kier molecular flexibility index (Phi) is 4.79. The summed E-state index contributed by atoms with van der Waals surface area (Å²) in [7, 11) is 3.08. The van der Waals surface area contributed by atoms with Crippen LogP contribution in [0.3, 0.4) is 0 Å². The van der Waals surface area contributed by atoms with E-state index in [0.717, 1.165) is 18.0 Å². The maximum atomic E-state index is 13.2. The molecule has 9 heteroatoms. The molecular weight excluding hydrogens is 377 g/mol. The molecule has 0 N–H and O–H groups in total. The van der Waals surface area contributed by atoms with Gasteiger partial charge in [-0.1, -0.05) is 6.92 Å². The summed E-state index contributed by atoms with van der Waals surface area (Å²) in [6, 6.07) is 4.93. The first-order valence-electron chi connectivity index (χ1n) is 8.97. The van der Waals surface area contributed by atoms with Crippen molar-refractivity contribution in [1.82, 2.24) is 19.9 Å². The van der Waals surface area contributed by atoms with Crippen LogP contribution in [0.25, 0.3) is 11.6 Å². The minimum absolute atomic E-state index is 0.175. The Labute approximate surface area is 166 Å². The van der Waals surface area contributed by atoms with Crippen LogP contribution in [0.2, 0.25) is 0 Å². The second-order valence-corrected chi connectivity index (χ2v) is 6.36. The van der Waals surface area contributed by atoms with Crippen LogP contribution >= 0.6 is 0 Å². The molecule has 1 atom stereocenters. The number of fused-ring (bicyclic) bond motifs is 1. The lowest BCUT2D eigenvalue weighted by Gasteiger charge is -2.23. The normalized spacial score (nSPS) is 15.4. The number of amides is 1. The van der Waals surface area contributed by atoms with Crippen LogP contribution in [-0.4, -0.2) is 40.1 Å². The number of nitrogens with zero attached hydrogens (tertiary/aromatic N) is 5. The van der Waals surface area contributed by atoms with Crippen molar-refractivity contribution in [3.63, 3.8) is 0 Å². The molecule has 1 amide bonds. The van der Waals surface area contributed by atoms with E-state index in [0.29, 0.717) is 29.3 Å². The number of carbonyl (C=O) groups is 1. The number of ether oxygens (including phenoxy) is 2. The van der Waals surface area contributed by atoms with Crippen LogP contribution < -0.4 is 14.4 Å². The molecule has 1 aliphatic rings. The summed E-state index contributed by atoms with van der Waals surface area (Å²) >= 11 is 0. The highest BCUT2D eigenvalue weighted by Gasteiger charge is 2.39. The van der Waals surface area contributed by atoms with Gasteiger partial charge in [-0.15, -0.1) is 0 Å². The van der Waals surface area contributed by atoms with E-state index in [9.17, 15) is 9.18 Å². The van der Waals surface area contributed by atoms with Crippen molar-refractivity contribution in [2.75, 3.05) is 19.1 Å². The Bertz CT molecular complexity index is 1070. The molecule has 0 fully saturated rings. The van der Waals surface area contributed by atoms with Gasteiger partial charge in [-0.2, -0.15) is 0 Å². The van der Waals surface area contributed by atoms with E-state index in [1.54, 1.807) is 24.1 Å². The molecule has 8 nitrogen and oxygen atoms in total. The first-order chi connectivity index (χ1) is 14.1. The Hall–Kier alpha value is -3.62. The fourth-order valence-electron chi connectivity index (χ4n) is 3.45. The molecule has 3 aromatic rings. The summed E-state index contributed by atoms with van der Waals surface area (Å²) in [5.74, 6) is 1.09. The lowest BCUT2D eigenvalue weighted by atomic mass is 10.0. The van der Waals surface area contributed by atoms with Crippen molar-refractivity contribution in [3.05, 3.63) is 53.7 Å². The molecule has 3 heterocycles. The monoisotopic (exact) mass is 395 g/mol. The minimum atomic E-state index is -0.552. The predicted molar refractivity (Wildman–Crippen MR) is 102 cm³/mol. The van der Waals surface area contributed by atoms with E-state index in [4.69, 9.17) is 9.47 Å². The fraction of sp³-hybridized carbons (Fsp3) is 0.250. The predicted octanol–water partition coefficient (Wildman–Crippen LogP) is 3.20. The highest BCUT2D eigenvalue weighted by Crippen LogP contribution is 2.43. The van der Waals surface area contributed by atoms with Gasteiger partial charge in [0.15, 0.2) is 29.0 Å². The van der Waals surface area contributed by atoms with Crippen LogP contribution in [0.4, 0.5) is 10.2 Å². The Morgan fingerprint density at radius 2 is 1.76 bits per heavy atom. The molecule has 0 spiro atoms. The van der Waals surface area contributed by atoms with Gasteiger partial charge in [-0.3, -0.25) is 9.69 Å². The first kappa shape index (κ1) is 18.7. The Morgan fingerprint density at radius 1 is 1.07 bits per heavy atom. The molecule has 4 rings (SSSR count). The van der Waals surface area contributed by atoms with Gasteiger partial charge in [0.25, 0.3) is 5.91 Å². The number of carbonyl (C=O) groups excluding carboxylic acids is 1. The maximum Gasteiger partial charge on any atom is 0.260 e. The molecule has 148 valence electrons. The lowest BCUT2D eigenvalue weighted by molar-refractivity contribution is 0.0989. The lowest BCUT2D eigenvalue weighted by Crippen LogP contribution is -2.28. The second-order valence-electron chi connectivity index (χ2n) is 6.36.